The molecule has 0 radical (unpaired) electrons. The van der Waals surface area contributed by atoms with Crippen molar-refractivity contribution < 1.29 is 4.39 Å². The number of benzene rings is 1. The van der Waals surface area contributed by atoms with Crippen molar-refractivity contribution in [1.82, 2.24) is 29.1 Å². The van der Waals surface area contributed by atoms with Crippen LogP contribution in [0.1, 0.15) is 18.3 Å². The summed E-state index contributed by atoms with van der Waals surface area (Å²) in [6, 6.07) is 10.7. The molecule has 8 nitrogen and oxygen atoms in total. The number of hydrogen-bond donors (Lipinski definition) is 1. The maximum atomic E-state index is 14.4. The van der Waals surface area contributed by atoms with Gasteiger partial charge in [-0.15, -0.1) is 0 Å². The van der Waals surface area contributed by atoms with Gasteiger partial charge in [-0.3, -0.25) is 9.36 Å². The summed E-state index contributed by atoms with van der Waals surface area (Å²) in [4.78, 5) is 26.7. The Balaban J connectivity index is 0.00000216. The number of aromatic nitrogens is 6. The number of fused-ring (bicyclic) bond motifs is 2. The summed E-state index contributed by atoms with van der Waals surface area (Å²) >= 11 is 6.27. The van der Waals surface area contributed by atoms with Gasteiger partial charge in [0, 0.05) is 18.9 Å². The van der Waals surface area contributed by atoms with Crippen molar-refractivity contribution in [3.05, 3.63) is 82.1 Å². The molecule has 32 heavy (non-hydrogen) atoms. The lowest BCUT2D eigenvalue weighted by atomic mass is 10.0. The topological polar surface area (TPSA) is 84.1 Å². The molecule has 1 atom stereocenters. The Hall–Kier alpha value is -3.37. The van der Waals surface area contributed by atoms with Crippen LogP contribution in [0.15, 0.2) is 59.9 Å². The van der Waals surface area contributed by atoms with E-state index in [0.29, 0.717) is 45.4 Å². The SMILES string of the molecule is O=c1c2c(Cl)ccn2nc([C@@H]2CCN2c2ncnc3[nH]cc(F)c23)n1-c1ccccc1.S. The van der Waals surface area contributed by atoms with Crippen LogP contribution >= 0.6 is 25.1 Å². The monoisotopic (exact) mass is 469 g/mol. The first-order valence-electron chi connectivity index (χ1n) is 9.73. The van der Waals surface area contributed by atoms with Crippen LogP contribution in [0.25, 0.3) is 22.2 Å². The van der Waals surface area contributed by atoms with Crippen molar-refractivity contribution in [2.24, 2.45) is 0 Å². The third-order valence-electron chi connectivity index (χ3n) is 5.67. The third kappa shape index (κ3) is 2.90. The van der Waals surface area contributed by atoms with Crippen LogP contribution in [0.4, 0.5) is 10.2 Å². The first kappa shape index (κ1) is 20.5. The molecule has 5 aromatic rings. The van der Waals surface area contributed by atoms with E-state index >= 15 is 0 Å². The summed E-state index contributed by atoms with van der Waals surface area (Å²) in [5, 5.41) is 5.39. The van der Waals surface area contributed by atoms with E-state index in [-0.39, 0.29) is 25.1 Å². The Kier molecular flexibility index (Phi) is 4.90. The first-order chi connectivity index (χ1) is 15.1. The number of nitrogens with one attached hydrogen (secondary N) is 1. The van der Waals surface area contributed by atoms with Crippen LogP contribution in [-0.4, -0.2) is 35.7 Å². The lowest BCUT2D eigenvalue weighted by Gasteiger charge is -2.42. The van der Waals surface area contributed by atoms with Crippen molar-refractivity contribution in [2.45, 2.75) is 12.5 Å². The molecular formula is C21H17ClFN7OS. The average Bonchev–Trinajstić information content (AvgIpc) is 3.32. The van der Waals surface area contributed by atoms with Crippen molar-refractivity contribution in [3.8, 4) is 5.69 Å². The van der Waals surface area contributed by atoms with Crippen LogP contribution in [0.3, 0.4) is 0 Å². The second-order valence-corrected chi connectivity index (χ2v) is 7.75. The molecule has 5 heterocycles. The van der Waals surface area contributed by atoms with E-state index in [1.807, 2.05) is 35.2 Å². The molecule has 0 amide bonds. The number of rotatable bonds is 3. The van der Waals surface area contributed by atoms with E-state index in [0.717, 1.165) is 6.42 Å². The number of aromatic amines is 1. The number of H-pyrrole nitrogens is 1. The normalized spacial score (nSPS) is 15.7. The molecule has 0 aliphatic carbocycles. The van der Waals surface area contributed by atoms with Gasteiger partial charge in [0.2, 0.25) is 0 Å². The molecule has 11 heteroatoms. The van der Waals surface area contributed by atoms with E-state index in [9.17, 15) is 9.18 Å². The van der Waals surface area contributed by atoms with Gasteiger partial charge in [-0.1, -0.05) is 29.8 Å². The molecule has 1 aliphatic rings. The number of halogens is 2. The van der Waals surface area contributed by atoms with Gasteiger partial charge in [0.25, 0.3) is 5.56 Å². The van der Waals surface area contributed by atoms with Gasteiger partial charge >= 0.3 is 0 Å². The van der Waals surface area contributed by atoms with E-state index in [1.54, 1.807) is 16.8 Å². The fourth-order valence-corrected chi connectivity index (χ4v) is 4.35. The molecule has 6 rings (SSSR count). The molecule has 1 N–H and O–H groups in total. The molecular weight excluding hydrogens is 453 g/mol. The first-order valence-corrected chi connectivity index (χ1v) is 10.1. The van der Waals surface area contributed by atoms with Crippen LogP contribution in [0.5, 0.6) is 0 Å². The van der Waals surface area contributed by atoms with Crippen LogP contribution in [0, 0.1) is 5.82 Å². The summed E-state index contributed by atoms with van der Waals surface area (Å²) in [6.45, 7) is 0.649. The second-order valence-electron chi connectivity index (χ2n) is 7.35. The highest BCUT2D eigenvalue weighted by Gasteiger charge is 2.37. The van der Waals surface area contributed by atoms with Crippen LogP contribution < -0.4 is 10.5 Å². The summed E-state index contributed by atoms with van der Waals surface area (Å²) in [5.41, 5.74) is 1.15. The highest BCUT2D eigenvalue weighted by atomic mass is 35.5. The lowest BCUT2D eigenvalue weighted by molar-refractivity contribution is 0.424. The van der Waals surface area contributed by atoms with E-state index in [4.69, 9.17) is 16.7 Å². The smallest absolute Gasteiger partial charge is 0.284 e. The van der Waals surface area contributed by atoms with Crippen molar-refractivity contribution >= 4 is 47.5 Å². The van der Waals surface area contributed by atoms with Gasteiger partial charge in [0.1, 0.15) is 23.3 Å². The Morgan fingerprint density at radius 2 is 1.97 bits per heavy atom. The Labute approximate surface area is 192 Å². The molecule has 0 bridgehead atoms. The maximum absolute atomic E-state index is 14.4. The number of anilines is 1. The number of nitrogens with zero attached hydrogens (tertiary/aromatic N) is 6. The molecule has 4 aromatic heterocycles. The molecule has 162 valence electrons. The Bertz CT molecular complexity index is 1510. The van der Waals surface area contributed by atoms with E-state index < -0.39 is 5.82 Å². The van der Waals surface area contributed by atoms with E-state index in [2.05, 4.69) is 15.0 Å². The number of para-hydroxylation sites is 1. The summed E-state index contributed by atoms with van der Waals surface area (Å²) in [7, 11) is 0. The minimum absolute atomic E-state index is 0. The minimum Gasteiger partial charge on any atom is -0.345 e. The maximum Gasteiger partial charge on any atom is 0.284 e. The van der Waals surface area contributed by atoms with Gasteiger partial charge in [0.15, 0.2) is 11.6 Å². The van der Waals surface area contributed by atoms with Crippen LogP contribution in [-0.2, 0) is 0 Å². The largest absolute Gasteiger partial charge is 0.345 e. The van der Waals surface area contributed by atoms with Crippen LogP contribution in [0.2, 0.25) is 5.02 Å². The molecule has 1 saturated heterocycles. The molecule has 1 aliphatic heterocycles. The van der Waals surface area contributed by atoms with Gasteiger partial charge in [0.05, 0.1) is 22.1 Å². The fraction of sp³-hybridized carbons (Fsp3) is 0.143. The fourth-order valence-electron chi connectivity index (χ4n) is 4.13. The van der Waals surface area contributed by atoms with Crippen molar-refractivity contribution in [1.29, 1.82) is 0 Å². The molecule has 1 aromatic carbocycles. The van der Waals surface area contributed by atoms with Gasteiger partial charge < -0.3 is 9.88 Å². The van der Waals surface area contributed by atoms with Gasteiger partial charge in [-0.2, -0.15) is 18.6 Å². The minimum atomic E-state index is -0.419. The average molecular weight is 470 g/mol. The molecule has 0 spiro atoms. The number of hydrogen-bond acceptors (Lipinski definition) is 5. The summed E-state index contributed by atoms with van der Waals surface area (Å²) in [6.07, 6.45) is 5.06. The van der Waals surface area contributed by atoms with Gasteiger partial charge in [-0.05, 0) is 24.6 Å². The molecule has 0 unspecified atom stereocenters. The quantitative estimate of drug-likeness (QED) is 0.436. The van der Waals surface area contributed by atoms with Crippen molar-refractivity contribution in [3.63, 3.8) is 0 Å². The molecule has 0 saturated carbocycles. The highest BCUT2D eigenvalue weighted by Crippen LogP contribution is 2.39. The lowest BCUT2D eigenvalue weighted by Crippen LogP contribution is -2.45. The second kappa shape index (κ2) is 7.64. The Morgan fingerprint density at radius 1 is 1.16 bits per heavy atom. The zero-order chi connectivity index (χ0) is 21.1. The summed E-state index contributed by atoms with van der Waals surface area (Å²) < 4.78 is 17.5. The standard InChI is InChI=1S/C21H15ClFN7O.H2S/c22-13-6-9-29-17(13)21(31)30(12-4-2-1-3-5-12)19(27-29)15-7-8-28(15)20-16-14(23)10-24-18(16)25-11-26-20;/h1-6,9-11,15H,7-8H2,(H,24,25,26);1H2/t15-;/m0./s1. The third-order valence-corrected chi connectivity index (χ3v) is 5.97. The van der Waals surface area contributed by atoms with Crippen molar-refractivity contribution in [2.75, 3.05) is 11.4 Å². The predicted octanol–water partition coefficient (Wildman–Crippen LogP) is 3.61. The predicted molar refractivity (Wildman–Crippen MR) is 125 cm³/mol. The summed E-state index contributed by atoms with van der Waals surface area (Å²) in [5.74, 6) is 0.585. The van der Waals surface area contributed by atoms with E-state index in [1.165, 1.54) is 17.0 Å². The van der Waals surface area contributed by atoms with Gasteiger partial charge in [-0.25, -0.2) is 18.9 Å². The Morgan fingerprint density at radius 3 is 2.72 bits per heavy atom. The molecule has 1 fully saturated rings. The zero-order valence-electron chi connectivity index (χ0n) is 16.5. The zero-order valence-corrected chi connectivity index (χ0v) is 18.3. The highest BCUT2D eigenvalue weighted by molar-refractivity contribution is 7.59.